The Hall–Kier alpha value is -1.13. The Morgan fingerprint density at radius 3 is 2.67 bits per heavy atom. The predicted molar refractivity (Wildman–Crippen MR) is 74.7 cm³/mol. The van der Waals surface area contributed by atoms with Gasteiger partial charge in [-0.2, -0.15) is 5.10 Å². The Balaban J connectivity index is 2.01. The number of rotatable bonds is 3. The number of halogens is 1. The quantitative estimate of drug-likeness (QED) is 0.859. The molecule has 1 unspecified atom stereocenters. The Morgan fingerprint density at radius 2 is 2.06 bits per heavy atom. The van der Waals surface area contributed by atoms with Crippen LogP contribution in [0.3, 0.4) is 0 Å². The van der Waals surface area contributed by atoms with Crippen LogP contribution in [0.2, 0.25) is 5.02 Å². The van der Waals surface area contributed by atoms with Gasteiger partial charge < -0.3 is 0 Å². The van der Waals surface area contributed by atoms with Crippen LogP contribution in [0.5, 0.6) is 0 Å². The van der Waals surface area contributed by atoms with E-state index in [9.17, 15) is 0 Å². The van der Waals surface area contributed by atoms with E-state index in [2.05, 4.69) is 21.7 Å². The van der Waals surface area contributed by atoms with Crippen molar-refractivity contribution in [1.82, 2.24) is 14.8 Å². The van der Waals surface area contributed by atoms with Gasteiger partial charge in [0.1, 0.15) is 5.82 Å². The van der Waals surface area contributed by atoms with Gasteiger partial charge in [-0.1, -0.05) is 23.7 Å². The molecule has 1 aliphatic rings. The maximum absolute atomic E-state index is 5.92. The van der Waals surface area contributed by atoms with Crippen molar-refractivity contribution in [2.24, 2.45) is 0 Å². The van der Waals surface area contributed by atoms with Gasteiger partial charge in [-0.25, -0.2) is 0 Å². The molecular formula is C13H14ClN3S. The van der Waals surface area contributed by atoms with Crippen LogP contribution in [-0.2, 0) is 0 Å². The lowest BCUT2D eigenvalue weighted by Gasteiger charge is -2.16. The highest BCUT2D eigenvalue weighted by Crippen LogP contribution is 2.40. The minimum atomic E-state index is 0.184. The first-order valence-electron chi connectivity index (χ1n) is 6.09. The van der Waals surface area contributed by atoms with Gasteiger partial charge in [0.25, 0.3) is 0 Å². The molecule has 0 spiro atoms. The van der Waals surface area contributed by atoms with Crippen LogP contribution in [0.25, 0.3) is 0 Å². The van der Waals surface area contributed by atoms with Gasteiger partial charge in [-0.15, -0.1) is 0 Å². The van der Waals surface area contributed by atoms with E-state index in [1.165, 1.54) is 18.4 Å². The molecule has 1 saturated carbocycles. The highest BCUT2D eigenvalue weighted by molar-refractivity contribution is 7.71. The molecule has 0 radical (unpaired) electrons. The van der Waals surface area contributed by atoms with E-state index in [4.69, 9.17) is 23.8 Å². The van der Waals surface area contributed by atoms with E-state index >= 15 is 0 Å². The summed E-state index contributed by atoms with van der Waals surface area (Å²) in [6.07, 6.45) is 2.43. The fourth-order valence-corrected chi connectivity index (χ4v) is 2.63. The normalized spacial score (nSPS) is 16.8. The van der Waals surface area contributed by atoms with Crippen molar-refractivity contribution >= 4 is 23.8 Å². The standard InChI is InChI=1S/C13H14ClN3S/c1-8(9-4-6-11(14)7-5-9)17-12(10-2-3-10)15-16-13(17)18/h4-8,10H,2-3H2,1H3,(H,16,18). The lowest BCUT2D eigenvalue weighted by Crippen LogP contribution is -2.10. The predicted octanol–water partition coefficient (Wildman–Crippen LogP) is 4.08. The molecule has 0 amide bonds. The molecule has 3 rings (SSSR count). The van der Waals surface area contributed by atoms with Crippen molar-refractivity contribution in [3.8, 4) is 0 Å². The molecule has 1 aromatic carbocycles. The van der Waals surface area contributed by atoms with Gasteiger partial charge >= 0.3 is 0 Å². The number of H-pyrrole nitrogens is 1. The van der Waals surface area contributed by atoms with E-state index in [1.807, 2.05) is 24.3 Å². The van der Waals surface area contributed by atoms with Crippen molar-refractivity contribution < 1.29 is 0 Å². The van der Waals surface area contributed by atoms with Crippen molar-refractivity contribution in [2.75, 3.05) is 0 Å². The second-order valence-corrected chi connectivity index (χ2v) is 5.58. The summed E-state index contributed by atoms with van der Waals surface area (Å²) in [5.41, 5.74) is 1.19. The third kappa shape index (κ3) is 2.10. The molecule has 0 saturated heterocycles. The molecule has 18 heavy (non-hydrogen) atoms. The first-order chi connectivity index (χ1) is 8.66. The molecule has 5 heteroatoms. The molecule has 1 aliphatic carbocycles. The number of aromatic amines is 1. The summed E-state index contributed by atoms with van der Waals surface area (Å²) in [7, 11) is 0. The smallest absolute Gasteiger partial charge is 0.195 e. The summed E-state index contributed by atoms with van der Waals surface area (Å²) in [4.78, 5) is 0. The van der Waals surface area contributed by atoms with Crippen molar-refractivity contribution in [3.63, 3.8) is 0 Å². The van der Waals surface area contributed by atoms with E-state index in [1.54, 1.807) is 0 Å². The zero-order valence-corrected chi connectivity index (χ0v) is 11.6. The van der Waals surface area contributed by atoms with Crippen LogP contribution < -0.4 is 0 Å². The van der Waals surface area contributed by atoms with Crippen LogP contribution in [0, 0.1) is 4.77 Å². The van der Waals surface area contributed by atoms with Gasteiger partial charge in [0.15, 0.2) is 4.77 Å². The first kappa shape index (κ1) is 11.9. The summed E-state index contributed by atoms with van der Waals surface area (Å²) in [6.45, 7) is 2.14. The summed E-state index contributed by atoms with van der Waals surface area (Å²) < 4.78 is 2.82. The summed E-state index contributed by atoms with van der Waals surface area (Å²) in [5, 5.41) is 8.03. The van der Waals surface area contributed by atoms with Gasteiger partial charge in [0.2, 0.25) is 0 Å². The van der Waals surface area contributed by atoms with Gasteiger partial charge in [-0.3, -0.25) is 9.67 Å². The second kappa shape index (κ2) is 4.52. The zero-order chi connectivity index (χ0) is 12.7. The molecule has 0 aliphatic heterocycles. The largest absolute Gasteiger partial charge is 0.297 e. The second-order valence-electron chi connectivity index (χ2n) is 4.76. The lowest BCUT2D eigenvalue weighted by molar-refractivity contribution is 0.595. The third-order valence-corrected chi connectivity index (χ3v) is 3.95. The zero-order valence-electron chi connectivity index (χ0n) is 10.1. The number of nitrogens with zero attached hydrogens (tertiary/aromatic N) is 2. The Morgan fingerprint density at radius 1 is 1.39 bits per heavy atom. The van der Waals surface area contributed by atoms with E-state index in [-0.39, 0.29) is 6.04 Å². The molecule has 1 aromatic heterocycles. The van der Waals surface area contributed by atoms with Crippen molar-refractivity contribution in [1.29, 1.82) is 0 Å². The fraction of sp³-hybridized carbons (Fsp3) is 0.385. The number of benzene rings is 1. The third-order valence-electron chi connectivity index (χ3n) is 3.41. The first-order valence-corrected chi connectivity index (χ1v) is 6.87. The highest BCUT2D eigenvalue weighted by atomic mass is 35.5. The van der Waals surface area contributed by atoms with Crippen LogP contribution in [0.15, 0.2) is 24.3 Å². The Labute approximate surface area is 116 Å². The molecule has 94 valence electrons. The van der Waals surface area contributed by atoms with Crippen LogP contribution in [0.1, 0.15) is 43.1 Å². The number of hydrogen-bond donors (Lipinski definition) is 1. The average molecular weight is 280 g/mol. The van der Waals surface area contributed by atoms with Crippen LogP contribution >= 0.6 is 23.8 Å². The van der Waals surface area contributed by atoms with Crippen molar-refractivity contribution in [3.05, 3.63) is 45.4 Å². The fourth-order valence-electron chi connectivity index (χ4n) is 2.21. The Kier molecular flexibility index (Phi) is 2.99. The summed E-state index contributed by atoms with van der Waals surface area (Å²) in [5.74, 6) is 1.66. The summed E-state index contributed by atoms with van der Waals surface area (Å²) >= 11 is 11.3. The molecule has 1 N–H and O–H groups in total. The number of hydrogen-bond acceptors (Lipinski definition) is 2. The van der Waals surface area contributed by atoms with E-state index in [0.717, 1.165) is 10.8 Å². The van der Waals surface area contributed by atoms with Crippen molar-refractivity contribution in [2.45, 2.75) is 31.7 Å². The monoisotopic (exact) mass is 279 g/mol. The molecule has 2 aromatic rings. The highest BCUT2D eigenvalue weighted by Gasteiger charge is 2.30. The maximum atomic E-state index is 5.92. The SMILES string of the molecule is CC(c1ccc(Cl)cc1)n1c(C2CC2)n[nH]c1=S. The summed E-state index contributed by atoms with van der Waals surface area (Å²) in [6, 6.07) is 8.09. The molecule has 1 atom stereocenters. The van der Waals surface area contributed by atoms with Gasteiger partial charge in [0.05, 0.1) is 6.04 Å². The average Bonchev–Trinajstić information content (AvgIpc) is 3.13. The van der Waals surface area contributed by atoms with Gasteiger partial charge in [0, 0.05) is 10.9 Å². The Bertz CT molecular complexity index is 610. The van der Waals surface area contributed by atoms with E-state index < -0.39 is 0 Å². The van der Waals surface area contributed by atoms with Gasteiger partial charge in [-0.05, 0) is 49.7 Å². The molecule has 3 nitrogen and oxygen atoms in total. The molecule has 0 bridgehead atoms. The topological polar surface area (TPSA) is 33.6 Å². The molecule has 1 heterocycles. The number of nitrogens with one attached hydrogen (secondary N) is 1. The minimum Gasteiger partial charge on any atom is -0.297 e. The van der Waals surface area contributed by atoms with Crippen LogP contribution in [0.4, 0.5) is 0 Å². The molecule has 1 fully saturated rings. The minimum absolute atomic E-state index is 0.184. The van der Waals surface area contributed by atoms with Crippen LogP contribution in [-0.4, -0.2) is 14.8 Å². The maximum Gasteiger partial charge on any atom is 0.195 e. The molecular weight excluding hydrogens is 266 g/mol. The number of aromatic nitrogens is 3. The lowest BCUT2D eigenvalue weighted by atomic mass is 10.1. The van der Waals surface area contributed by atoms with E-state index in [0.29, 0.717) is 10.7 Å².